The van der Waals surface area contributed by atoms with Crippen LogP contribution in [0.5, 0.6) is 0 Å². The Hall–Kier alpha value is -3.55. The number of esters is 1. The number of rotatable bonds is 5. The minimum absolute atomic E-state index is 0.0225. The number of carbonyl (C=O) groups excluding carboxylic acids is 2. The highest BCUT2D eigenvalue weighted by Crippen LogP contribution is 2.30. The van der Waals surface area contributed by atoms with E-state index in [2.05, 4.69) is 15.1 Å². The lowest BCUT2D eigenvalue weighted by atomic mass is 10.1. The van der Waals surface area contributed by atoms with E-state index in [0.717, 1.165) is 16.8 Å². The molecule has 3 aromatic rings. The first-order valence-corrected chi connectivity index (χ1v) is 8.90. The zero-order valence-electron chi connectivity index (χ0n) is 15.3. The van der Waals surface area contributed by atoms with Crippen molar-refractivity contribution in [2.75, 3.05) is 18.6 Å². The van der Waals surface area contributed by atoms with Crippen molar-refractivity contribution in [2.24, 2.45) is 0 Å². The van der Waals surface area contributed by atoms with Gasteiger partial charge in [0.05, 0.1) is 12.7 Å². The fourth-order valence-electron chi connectivity index (χ4n) is 3.22. The largest absolute Gasteiger partial charge is 0.465 e. The van der Waals surface area contributed by atoms with Crippen LogP contribution in [0.1, 0.15) is 28.2 Å². The van der Waals surface area contributed by atoms with Gasteiger partial charge in [-0.05, 0) is 42.3 Å². The lowest BCUT2D eigenvalue weighted by molar-refractivity contribution is -0.118. The van der Waals surface area contributed by atoms with Crippen molar-refractivity contribution in [3.63, 3.8) is 0 Å². The first kappa shape index (κ1) is 17.8. The Kier molecular flexibility index (Phi) is 4.84. The smallest absolute Gasteiger partial charge is 0.337 e. The number of benzene rings is 1. The number of fused-ring (bicyclic) bond motifs is 1. The number of aromatic nitrogens is 3. The number of aryl methyl sites for hydroxylation is 1. The molecule has 28 heavy (non-hydrogen) atoms. The number of nitrogens with zero attached hydrogens (tertiary/aromatic N) is 4. The number of hydrogen-bond donors (Lipinski definition) is 0. The summed E-state index contributed by atoms with van der Waals surface area (Å²) < 4.78 is 9.99. The molecule has 3 heterocycles. The van der Waals surface area contributed by atoms with Gasteiger partial charge in [-0.1, -0.05) is 5.16 Å². The van der Waals surface area contributed by atoms with Gasteiger partial charge in [-0.15, -0.1) is 0 Å². The maximum atomic E-state index is 12.7. The summed E-state index contributed by atoms with van der Waals surface area (Å²) in [5.74, 6) is 0.462. The first-order valence-electron chi connectivity index (χ1n) is 8.90. The summed E-state index contributed by atoms with van der Waals surface area (Å²) in [6.45, 7) is 0.587. The predicted octanol–water partition coefficient (Wildman–Crippen LogP) is 2.44. The SMILES string of the molecule is COC(=O)c1ccc2c(c1)CCN2C(=O)CCc1nc(-c2cccnc2)no1. The van der Waals surface area contributed by atoms with Gasteiger partial charge >= 0.3 is 5.97 Å². The standard InChI is InChI=1S/C20H18N4O4/c1-27-20(26)14-4-5-16-13(11-14)8-10-24(16)18(25)7-6-17-22-19(23-28-17)15-3-2-9-21-12-15/h2-5,9,11-12H,6-8,10H2,1H3. The third-order valence-electron chi connectivity index (χ3n) is 4.64. The van der Waals surface area contributed by atoms with Crippen LogP contribution in [0.2, 0.25) is 0 Å². The van der Waals surface area contributed by atoms with Gasteiger partial charge < -0.3 is 14.2 Å². The Balaban J connectivity index is 1.41. The number of anilines is 1. The molecule has 0 fully saturated rings. The molecule has 8 heteroatoms. The first-order chi connectivity index (χ1) is 13.7. The summed E-state index contributed by atoms with van der Waals surface area (Å²) in [6, 6.07) is 8.89. The van der Waals surface area contributed by atoms with E-state index in [-0.39, 0.29) is 18.3 Å². The van der Waals surface area contributed by atoms with Crippen molar-refractivity contribution < 1.29 is 18.8 Å². The Morgan fingerprint density at radius 1 is 1.29 bits per heavy atom. The van der Waals surface area contributed by atoms with E-state index in [9.17, 15) is 9.59 Å². The molecular weight excluding hydrogens is 360 g/mol. The van der Waals surface area contributed by atoms with Crippen LogP contribution in [0.3, 0.4) is 0 Å². The normalized spacial score (nSPS) is 12.7. The predicted molar refractivity (Wildman–Crippen MR) is 99.7 cm³/mol. The lowest BCUT2D eigenvalue weighted by Crippen LogP contribution is -2.29. The number of pyridine rings is 1. The average Bonchev–Trinajstić information content (AvgIpc) is 3.38. The second-order valence-electron chi connectivity index (χ2n) is 6.38. The molecule has 0 radical (unpaired) electrons. The molecule has 0 saturated carbocycles. The molecule has 1 aliphatic heterocycles. The van der Waals surface area contributed by atoms with Crippen LogP contribution in [0, 0.1) is 0 Å². The maximum Gasteiger partial charge on any atom is 0.337 e. The van der Waals surface area contributed by atoms with Crippen molar-refractivity contribution in [1.29, 1.82) is 0 Å². The fraction of sp³-hybridized carbons (Fsp3) is 0.250. The number of methoxy groups -OCH3 is 1. The van der Waals surface area contributed by atoms with E-state index in [0.29, 0.717) is 36.7 Å². The molecule has 0 bridgehead atoms. The van der Waals surface area contributed by atoms with Crippen LogP contribution in [-0.4, -0.2) is 40.7 Å². The molecule has 2 aromatic heterocycles. The summed E-state index contributed by atoms with van der Waals surface area (Å²) in [5.41, 5.74) is 3.05. The van der Waals surface area contributed by atoms with Crippen molar-refractivity contribution in [3.8, 4) is 11.4 Å². The number of ether oxygens (including phenoxy) is 1. The molecule has 1 aromatic carbocycles. The second kappa shape index (κ2) is 7.59. The molecule has 4 rings (SSSR count). The highest BCUT2D eigenvalue weighted by molar-refractivity contribution is 5.97. The van der Waals surface area contributed by atoms with E-state index in [1.165, 1.54) is 7.11 Å². The summed E-state index contributed by atoms with van der Waals surface area (Å²) in [5, 5.41) is 3.94. The van der Waals surface area contributed by atoms with Crippen molar-refractivity contribution in [2.45, 2.75) is 19.3 Å². The van der Waals surface area contributed by atoms with Crippen LogP contribution in [0.4, 0.5) is 5.69 Å². The van der Waals surface area contributed by atoms with Crippen LogP contribution in [-0.2, 0) is 22.4 Å². The Morgan fingerprint density at radius 2 is 2.18 bits per heavy atom. The van der Waals surface area contributed by atoms with Crippen molar-refractivity contribution >= 4 is 17.6 Å². The third-order valence-corrected chi connectivity index (χ3v) is 4.64. The zero-order chi connectivity index (χ0) is 19.5. The number of hydrogen-bond acceptors (Lipinski definition) is 7. The summed E-state index contributed by atoms with van der Waals surface area (Å²) in [6.07, 6.45) is 4.65. The monoisotopic (exact) mass is 378 g/mol. The van der Waals surface area contributed by atoms with E-state index < -0.39 is 0 Å². The zero-order valence-corrected chi connectivity index (χ0v) is 15.3. The van der Waals surface area contributed by atoms with E-state index >= 15 is 0 Å². The van der Waals surface area contributed by atoms with Crippen LogP contribution < -0.4 is 4.90 Å². The molecular formula is C20H18N4O4. The summed E-state index contributed by atoms with van der Waals surface area (Å²) in [7, 11) is 1.35. The van der Waals surface area contributed by atoms with Crippen molar-refractivity contribution in [1.82, 2.24) is 15.1 Å². The molecule has 0 aliphatic carbocycles. The minimum Gasteiger partial charge on any atom is -0.465 e. The highest BCUT2D eigenvalue weighted by Gasteiger charge is 2.26. The topological polar surface area (TPSA) is 98.4 Å². The Labute approximate surface area is 161 Å². The van der Waals surface area contributed by atoms with Crippen LogP contribution >= 0.6 is 0 Å². The maximum absolute atomic E-state index is 12.7. The van der Waals surface area contributed by atoms with Crippen molar-refractivity contribution in [3.05, 3.63) is 59.7 Å². The summed E-state index contributed by atoms with van der Waals surface area (Å²) >= 11 is 0. The summed E-state index contributed by atoms with van der Waals surface area (Å²) in [4.78, 5) is 34.4. The van der Waals surface area contributed by atoms with Gasteiger partial charge in [-0.25, -0.2) is 4.79 Å². The molecule has 0 spiro atoms. The van der Waals surface area contributed by atoms with E-state index in [1.54, 1.807) is 41.6 Å². The van der Waals surface area contributed by atoms with E-state index in [4.69, 9.17) is 9.26 Å². The number of amides is 1. The van der Waals surface area contributed by atoms with E-state index in [1.807, 2.05) is 6.07 Å². The third kappa shape index (κ3) is 3.48. The van der Waals surface area contributed by atoms with Gasteiger partial charge in [0.2, 0.25) is 17.6 Å². The van der Waals surface area contributed by atoms with Gasteiger partial charge in [0.1, 0.15) is 0 Å². The fourth-order valence-corrected chi connectivity index (χ4v) is 3.22. The van der Waals surface area contributed by atoms with Gasteiger partial charge in [-0.2, -0.15) is 4.98 Å². The highest BCUT2D eigenvalue weighted by atomic mass is 16.5. The van der Waals surface area contributed by atoms with Gasteiger partial charge in [-0.3, -0.25) is 9.78 Å². The Bertz CT molecular complexity index is 1020. The number of carbonyl (C=O) groups is 2. The molecule has 0 unspecified atom stereocenters. The molecule has 142 valence electrons. The van der Waals surface area contributed by atoms with Gasteiger partial charge in [0, 0.05) is 43.0 Å². The van der Waals surface area contributed by atoms with Crippen LogP contribution in [0.15, 0.2) is 47.2 Å². The van der Waals surface area contributed by atoms with Gasteiger partial charge in [0.15, 0.2) is 0 Å². The second-order valence-corrected chi connectivity index (χ2v) is 6.38. The molecule has 0 saturated heterocycles. The molecule has 1 aliphatic rings. The Morgan fingerprint density at radius 3 is 2.96 bits per heavy atom. The lowest BCUT2D eigenvalue weighted by Gasteiger charge is -2.17. The van der Waals surface area contributed by atoms with Crippen LogP contribution in [0.25, 0.3) is 11.4 Å². The molecule has 0 atom stereocenters. The van der Waals surface area contributed by atoms with Gasteiger partial charge in [0.25, 0.3) is 0 Å². The molecule has 8 nitrogen and oxygen atoms in total. The average molecular weight is 378 g/mol. The molecule has 1 amide bonds. The molecule has 0 N–H and O–H groups in total. The minimum atomic E-state index is -0.381. The quantitative estimate of drug-likeness (QED) is 0.629.